The molecular weight excluding hydrogens is 344 g/mol. The third kappa shape index (κ3) is 3.75. The lowest BCUT2D eigenvalue weighted by Crippen LogP contribution is -2.31. The van der Waals surface area contributed by atoms with Crippen LogP contribution in [0, 0.1) is 20.8 Å². The van der Waals surface area contributed by atoms with Gasteiger partial charge in [-0.3, -0.25) is 9.36 Å². The van der Waals surface area contributed by atoms with E-state index in [1.54, 1.807) is 0 Å². The van der Waals surface area contributed by atoms with Gasteiger partial charge in [0.2, 0.25) is 0 Å². The van der Waals surface area contributed by atoms with E-state index in [0.29, 0.717) is 0 Å². The Morgan fingerprint density at radius 2 is 1.50 bits per heavy atom. The van der Waals surface area contributed by atoms with E-state index in [9.17, 15) is 4.79 Å². The first kappa shape index (κ1) is 19.9. The number of anilines is 1. The lowest BCUT2D eigenvalue weighted by molar-refractivity contribution is 0.861. The van der Waals surface area contributed by atoms with Crippen LogP contribution in [0.2, 0.25) is 0 Å². The fourth-order valence-electron chi connectivity index (χ4n) is 4.27. The molecule has 0 saturated heterocycles. The molecule has 0 aliphatic carbocycles. The van der Waals surface area contributed by atoms with Gasteiger partial charge < -0.3 is 4.90 Å². The van der Waals surface area contributed by atoms with Crippen LogP contribution in [0.5, 0.6) is 0 Å². The van der Waals surface area contributed by atoms with Crippen LogP contribution in [-0.4, -0.2) is 18.7 Å². The number of hydrogen-bond donors (Lipinski definition) is 0. The highest BCUT2D eigenvalue weighted by atomic mass is 16.1. The van der Waals surface area contributed by atoms with Gasteiger partial charge in [0.05, 0.1) is 0 Å². The fourth-order valence-corrected chi connectivity index (χ4v) is 4.27. The van der Waals surface area contributed by atoms with E-state index in [2.05, 4.69) is 45.9 Å². The molecule has 3 rings (SSSR count). The molecule has 3 heteroatoms. The highest BCUT2D eigenvalue weighted by Gasteiger charge is 2.21. The van der Waals surface area contributed by atoms with Crippen molar-refractivity contribution in [3.63, 3.8) is 0 Å². The van der Waals surface area contributed by atoms with Crippen LogP contribution in [0.25, 0.3) is 5.69 Å². The minimum absolute atomic E-state index is 0.0466. The van der Waals surface area contributed by atoms with Gasteiger partial charge in [-0.15, -0.1) is 0 Å². The van der Waals surface area contributed by atoms with E-state index in [0.717, 1.165) is 35.5 Å². The van der Waals surface area contributed by atoms with Gasteiger partial charge in [0.15, 0.2) is 0 Å². The van der Waals surface area contributed by atoms with Gasteiger partial charge in [0.1, 0.15) is 5.69 Å². The van der Waals surface area contributed by atoms with Gasteiger partial charge >= 0.3 is 0 Å². The molecule has 146 valence electrons. The van der Waals surface area contributed by atoms with Crippen molar-refractivity contribution in [2.75, 3.05) is 19.0 Å². The number of benzene rings is 2. The summed E-state index contributed by atoms with van der Waals surface area (Å²) in [5.74, 6) is 0. The second-order valence-electron chi connectivity index (χ2n) is 7.79. The number of pyridine rings is 1. The average molecular weight is 375 g/mol. The van der Waals surface area contributed by atoms with Crippen molar-refractivity contribution in [1.29, 1.82) is 0 Å². The first-order valence-corrected chi connectivity index (χ1v) is 9.90. The average Bonchev–Trinajstić information content (AvgIpc) is 2.61. The van der Waals surface area contributed by atoms with Crippen LogP contribution in [0.4, 0.5) is 5.69 Å². The minimum atomic E-state index is 0.0466. The molecule has 1 aromatic heterocycles. The molecule has 0 amide bonds. The molecule has 1 heterocycles. The van der Waals surface area contributed by atoms with Crippen LogP contribution in [0.3, 0.4) is 0 Å². The number of aryl methyl sites for hydroxylation is 2. The van der Waals surface area contributed by atoms with Crippen molar-refractivity contribution in [2.45, 2.75) is 40.5 Å². The third-order valence-corrected chi connectivity index (χ3v) is 5.31. The highest BCUT2D eigenvalue weighted by Crippen LogP contribution is 2.27. The van der Waals surface area contributed by atoms with Crippen LogP contribution < -0.4 is 10.5 Å². The van der Waals surface area contributed by atoms with Crippen LogP contribution in [0.15, 0.2) is 53.3 Å². The van der Waals surface area contributed by atoms with Gasteiger partial charge in [0, 0.05) is 31.9 Å². The fraction of sp³-hybridized carbons (Fsp3) is 0.320. The quantitative estimate of drug-likeness (QED) is 0.629. The first-order chi connectivity index (χ1) is 13.3. The summed E-state index contributed by atoms with van der Waals surface area (Å²) in [7, 11) is 3.93. The Morgan fingerprint density at radius 1 is 0.893 bits per heavy atom. The molecule has 3 aromatic rings. The Hall–Kier alpha value is -2.81. The Morgan fingerprint density at radius 3 is 2.04 bits per heavy atom. The highest BCUT2D eigenvalue weighted by molar-refractivity contribution is 5.59. The lowest BCUT2D eigenvalue weighted by Gasteiger charge is -2.25. The molecule has 0 atom stereocenters. The Bertz CT molecular complexity index is 1030. The summed E-state index contributed by atoms with van der Waals surface area (Å²) >= 11 is 0. The monoisotopic (exact) mass is 374 g/mol. The summed E-state index contributed by atoms with van der Waals surface area (Å²) < 4.78 is 1.86. The molecule has 0 bridgehead atoms. The van der Waals surface area contributed by atoms with Crippen LogP contribution >= 0.6 is 0 Å². The maximum absolute atomic E-state index is 13.6. The van der Waals surface area contributed by atoms with Crippen molar-refractivity contribution in [2.24, 2.45) is 0 Å². The second kappa shape index (κ2) is 8.05. The lowest BCUT2D eigenvalue weighted by atomic mass is 9.93. The number of nitrogens with zero attached hydrogens (tertiary/aromatic N) is 2. The van der Waals surface area contributed by atoms with E-state index >= 15 is 0 Å². The van der Waals surface area contributed by atoms with Crippen molar-refractivity contribution in [3.8, 4) is 5.69 Å². The topological polar surface area (TPSA) is 25.2 Å². The SMILES string of the molecule is CCc1c(Cc2cc(C)cc(C)c2)c(N(C)C)c(=O)n(-c2ccccc2)c1C. The van der Waals surface area contributed by atoms with Gasteiger partial charge in [0.25, 0.3) is 5.56 Å². The summed E-state index contributed by atoms with van der Waals surface area (Å²) in [4.78, 5) is 15.5. The standard InChI is InChI=1S/C25H30N2O/c1-7-22-19(4)27(21-11-9-8-10-12-21)25(28)24(26(5)6)23(22)16-20-14-17(2)13-18(3)15-20/h8-15H,7,16H2,1-6H3. The number of para-hydroxylation sites is 1. The largest absolute Gasteiger partial charge is 0.373 e. The number of rotatable bonds is 5. The molecule has 0 unspecified atom stereocenters. The third-order valence-electron chi connectivity index (χ3n) is 5.31. The molecule has 0 saturated carbocycles. The van der Waals surface area contributed by atoms with E-state index in [-0.39, 0.29) is 5.56 Å². The molecule has 3 nitrogen and oxygen atoms in total. The van der Waals surface area contributed by atoms with Crippen LogP contribution in [0.1, 0.15) is 40.4 Å². The molecular formula is C25H30N2O. The molecule has 0 radical (unpaired) electrons. The van der Waals surface area contributed by atoms with E-state index in [4.69, 9.17) is 0 Å². The normalized spacial score (nSPS) is 10.9. The zero-order valence-electron chi connectivity index (χ0n) is 17.8. The summed E-state index contributed by atoms with van der Waals surface area (Å²) in [6.45, 7) is 8.50. The van der Waals surface area contributed by atoms with Crippen molar-refractivity contribution < 1.29 is 0 Å². The van der Waals surface area contributed by atoms with E-state index in [1.807, 2.05) is 53.9 Å². The minimum Gasteiger partial charge on any atom is -0.373 e. The Labute approximate surface area is 168 Å². The number of aromatic nitrogens is 1. The summed E-state index contributed by atoms with van der Waals surface area (Å²) in [6.07, 6.45) is 1.66. The van der Waals surface area contributed by atoms with Crippen LogP contribution in [-0.2, 0) is 12.8 Å². The van der Waals surface area contributed by atoms with Crippen molar-refractivity contribution in [3.05, 3.63) is 92.4 Å². The zero-order valence-corrected chi connectivity index (χ0v) is 17.8. The van der Waals surface area contributed by atoms with Gasteiger partial charge in [-0.05, 0) is 56.0 Å². The van der Waals surface area contributed by atoms with E-state index in [1.165, 1.54) is 22.3 Å². The van der Waals surface area contributed by atoms with Crippen molar-refractivity contribution >= 4 is 5.69 Å². The molecule has 0 aliphatic heterocycles. The molecule has 0 aliphatic rings. The predicted octanol–water partition coefficient (Wildman–Crippen LogP) is 4.98. The van der Waals surface area contributed by atoms with Gasteiger partial charge in [-0.2, -0.15) is 0 Å². The smallest absolute Gasteiger partial charge is 0.279 e. The summed E-state index contributed by atoms with van der Waals surface area (Å²) in [6, 6.07) is 16.6. The zero-order chi connectivity index (χ0) is 20.4. The molecule has 0 N–H and O–H groups in total. The van der Waals surface area contributed by atoms with Gasteiger partial charge in [-0.1, -0.05) is 54.4 Å². The predicted molar refractivity (Wildman–Crippen MR) is 119 cm³/mol. The first-order valence-electron chi connectivity index (χ1n) is 9.90. The number of hydrogen-bond acceptors (Lipinski definition) is 2. The molecule has 0 spiro atoms. The molecule has 0 fully saturated rings. The molecule has 2 aromatic carbocycles. The summed E-state index contributed by atoms with van der Waals surface area (Å²) in [5.41, 5.74) is 8.95. The maximum atomic E-state index is 13.6. The van der Waals surface area contributed by atoms with Gasteiger partial charge in [-0.25, -0.2) is 0 Å². The van der Waals surface area contributed by atoms with Crippen molar-refractivity contribution in [1.82, 2.24) is 4.57 Å². The Balaban J connectivity index is 2.29. The maximum Gasteiger partial charge on any atom is 0.279 e. The molecule has 28 heavy (non-hydrogen) atoms. The Kier molecular flexibility index (Phi) is 5.73. The summed E-state index contributed by atoms with van der Waals surface area (Å²) in [5, 5.41) is 0. The second-order valence-corrected chi connectivity index (χ2v) is 7.79. The van der Waals surface area contributed by atoms with E-state index < -0.39 is 0 Å².